The van der Waals surface area contributed by atoms with Gasteiger partial charge in [0.05, 0.1) is 35.9 Å². The Kier molecular flexibility index (Phi) is 39.6. The average molecular weight is 1170 g/mol. The number of nitrogens with zero attached hydrogens (tertiary/aromatic N) is 5. The van der Waals surface area contributed by atoms with Crippen molar-refractivity contribution in [1.29, 1.82) is 0 Å². The Morgan fingerprint density at radius 2 is 1.30 bits per heavy atom. The Balaban J connectivity index is -0.000000531. The van der Waals surface area contributed by atoms with Crippen LogP contribution in [0.2, 0.25) is 0 Å². The second-order valence-corrected chi connectivity index (χ2v) is 9.52. The molecule has 6 N–H and O–H groups in total. The molecule has 2 radical (unpaired) electrons. The number of aromatic nitrogens is 6. The fourth-order valence-electron chi connectivity index (χ4n) is 3.79. The predicted octanol–water partition coefficient (Wildman–Crippen LogP) is 3.25. The number of rotatable bonds is 6. The van der Waals surface area contributed by atoms with Gasteiger partial charge in [0.1, 0.15) is 5.69 Å². The first-order chi connectivity index (χ1) is 21.8. The minimum absolute atomic E-state index is 0. The Morgan fingerprint density at radius 1 is 0.872 bits per heavy atom. The molecule has 2 aromatic heterocycles. The average Bonchev–Trinajstić information content (AvgIpc) is 3.85. The van der Waals surface area contributed by atoms with Crippen LogP contribution in [0.4, 0.5) is 0 Å². The van der Waals surface area contributed by atoms with E-state index in [1.54, 1.807) is 69.1 Å². The number of halogens is 2. The van der Waals surface area contributed by atoms with Crippen LogP contribution in [0, 0.1) is 3.57 Å². The summed E-state index contributed by atoms with van der Waals surface area (Å²) in [5, 5.41) is 48.2. The van der Waals surface area contributed by atoms with Gasteiger partial charge >= 0.3 is 51.5 Å². The first-order valence-corrected chi connectivity index (χ1v) is 17.1. The molecule has 2 atom stereocenters. The van der Waals surface area contributed by atoms with E-state index in [0.717, 1.165) is 3.57 Å². The van der Waals surface area contributed by atoms with E-state index in [1.807, 2.05) is 28.7 Å². The number of carbonyl (C=O) groups excluding carboxylic acids is 1. The van der Waals surface area contributed by atoms with Crippen molar-refractivity contribution in [2.24, 2.45) is 0 Å². The molecule has 5 rings (SSSR count). The monoisotopic (exact) mass is 1170 g/mol. The number of carbonyl (C=O) groups is 3. The fraction of sp³-hybridized carbons (Fsp3) is 0.296. The molecule has 1 aliphatic rings. The number of nitrogens with one attached hydrogen (secondary N) is 3. The van der Waals surface area contributed by atoms with Crippen molar-refractivity contribution >= 4 is 199 Å². The summed E-state index contributed by atoms with van der Waals surface area (Å²) in [5.74, 6) is -1.86. The van der Waals surface area contributed by atoms with Crippen molar-refractivity contribution < 1.29 is 47.5 Å². The number of benzene rings is 2. The summed E-state index contributed by atoms with van der Waals surface area (Å²) in [7, 11) is 4.11. The van der Waals surface area contributed by atoms with Crippen LogP contribution in [-0.4, -0.2) is 228 Å². The number of carboxylic acid groups (broad SMARTS) is 2. The van der Waals surface area contributed by atoms with Crippen LogP contribution in [0.5, 0.6) is 0 Å². The molecule has 0 bridgehead atoms. The zero-order valence-electron chi connectivity index (χ0n) is 26.3. The van der Waals surface area contributed by atoms with Gasteiger partial charge in [-0.05, 0) is 73.8 Å². The Bertz CT molecular complexity index is 1300. The molecule has 1 fully saturated rings. The zero-order valence-corrected chi connectivity index (χ0v) is 44.1. The number of H-pyrrole nitrogens is 1. The smallest absolute Gasteiger partial charge is 0.0690 e. The summed E-state index contributed by atoms with van der Waals surface area (Å²) < 4.78 is 0.771. The third-order valence-electron chi connectivity index (χ3n) is 5.75. The molecule has 0 aliphatic heterocycles. The van der Waals surface area contributed by atoms with E-state index >= 15 is 0 Å². The minimum atomic E-state index is -0.988. The van der Waals surface area contributed by atoms with Gasteiger partial charge in [0.15, 0.2) is 0 Å². The Morgan fingerprint density at radius 3 is 1.64 bits per heavy atom. The van der Waals surface area contributed by atoms with Gasteiger partial charge in [-0.1, -0.05) is 37.1 Å². The van der Waals surface area contributed by atoms with Crippen LogP contribution in [0.1, 0.15) is 46.4 Å². The van der Waals surface area contributed by atoms with Gasteiger partial charge < -0.3 is 25.7 Å². The Labute approximate surface area is 424 Å². The number of carboxylic acids is 2. The van der Waals surface area contributed by atoms with E-state index in [2.05, 4.69) is 68.0 Å². The van der Waals surface area contributed by atoms with Crippen LogP contribution in [0.3, 0.4) is 0 Å². The van der Waals surface area contributed by atoms with Gasteiger partial charge in [-0.2, -0.15) is 30.4 Å². The SMILES string of the molecule is CN[C@H]1CCCC[C@@H]1NC.O=C(O)c1ccccc1-n1nccn1.O=C(O)c1ccccc1I.O=COO.[Cs].[Cs].[Cu][I].c1cn[nH]n1. The van der Waals surface area contributed by atoms with Gasteiger partial charge in [0.25, 0.3) is 0 Å². The largest absolute Gasteiger partial charge is 0.198 e. The summed E-state index contributed by atoms with van der Waals surface area (Å²) in [6.45, 7) is -0.0694. The molecule has 0 amide bonds. The molecule has 20 heteroatoms. The molecule has 2 aromatic carbocycles. The molecule has 0 unspecified atom stereocenters. The number of aromatic carboxylic acids is 2. The van der Waals surface area contributed by atoms with Gasteiger partial charge in [-0.3, -0.25) is 4.79 Å². The van der Waals surface area contributed by atoms with E-state index < -0.39 is 11.9 Å². The van der Waals surface area contributed by atoms with E-state index in [-0.39, 0.29) is 150 Å². The molecule has 2 heterocycles. The topological polar surface area (TPSA) is 217 Å². The van der Waals surface area contributed by atoms with Gasteiger partial charge in [0, 0.05) is 153 Å². The molecule has 4 aromatic rings. The predicted molar refractivity (Wildman–Crippen MR) is 190 cm³/mol. The first-order valence-electron chi connectivity index (χ1n) is 13.0. The molecule has 47 heavy (non-hydrogen) atoms. The van der Waals surface area contributed by atoms with Crippen LogP contribution in [0.15, 0.2) is 73.3 Å². The number of hydrogen-bond acceptors (Lipinski definition) is 11. The van der Waals surface area contributed by atoms with E-state index in [4.69, 9.17) is 20.3 Å². The van der Waals surface area contributed by atoms with Crippen molar-refractivity contribution in [2.45, 2.75) is 37.8 Å². The van der Waals surface area contributed by atoms with Crippen molar-refractivity contribution in [3.63, 3.8) is 0 Å². The van der Waals surface area contributed by atoms with Crippen molar-refractivity contribution in [2.75, 3.05) is 14.1 Å². The van der Waals surface area contributed by atoms with Gasteiger partial charge in [0.2, 0.25) is 0 Å². The maximum absolute atomic E-state index is 10.8. The minimum Gasteiger partial charge on any atom is -0.198 e. The molecule has 1 aliphatic carbocycles. The normalized spacial score (nSPS) is 13.7. The maximum Gasteiger partial charge on any atom is 0.0690 e. The zero-order chi connectivity index (χ0) is 33.9. The quantitative estimate of drug-likeness (QED) is 0.0539. The number of hydrogen-bond donors (Lipinski definition) is 6. The second kappa shape index (κ2) is 35.5. The van der Waals surface area contributed by atoms with Crippen molar-refractivity contribution in [3.05, 3.63) is 88.0 Å². The van der Waals surface area contributed by atoms with Crippen molar-refractivity contribution in [3.8, 4) is 5.69 Å². The van der Waals surface area contributed by atoms with Crippen LogP contribution in [-0.2, 0) is 22.4 Å². The summed E-state index contributed by atoms with van der Waals surface area (Å²) in [4.78, 5) is 34.1. The summed E-state index contributed by atoms with van der Waals surface area (Å²) in [6, 6.07) is 14.9. The summed E-state index contributed by atoms with van der Waals surface area (Å²) in [6.07, 6.45) is 11.6. The van der Waals surface area contributed by atoms with Crippen molar-refractivity contribution in [1.82, 2.24) is 41.0 Å². The molecule has 0 saturated heterocycles. The third-order valence-corrected chi connectivity index (χ3v) is 6.70. The third kappa shape index (κ3) is 24.1. The van der Waals surface area contributed by atoms with Gasteiger partial charge in [-0.25, -0.2) is 14.8 Å². The fourth-order valence-corrected chi connectivity index (χ4v) is 4.41. The summed E-state index contributed by atoms with van der Waals surface area (Å²) in [5.41, 5.74) is 1.01. The molecule has 1 saturated carbocycles. The molecule has 0 spiro atoms. The molecule has 15 nitrogen and oxygen atoms in total. The standard InChI is InChI=1S/C9H7N3O2.C8H18N2.C7H5IO2.C2H3N3.CH2O3.2Cs.Cu.HI/c13-9(14)7-3-1-2-4-8(7)12-10-5-6-11-12;1-9-7-5-3-4-6-8(7)10-2;8-6-4-2-1-3-5(6)7(9)10;1-2-4-5-3-1;2-1-4-3;;;;/h1-6H,(H,13,14);7-10H,3-6H2,1-2H3;1-4H,(H,9,10);1-2H,(H,3,4,5);1,3H;;;;1H/q;;;;;;;+1;/p-1/t;7-,8-;;;;;;;/m.0......./s1. The van der Waals surface area contributed by atoms with E-state index in [9.17, 15) is 9.59 Å². The van der Waals surface area contributed by atoms with Crippen LogP contribution >= 0.6 is 42.9 Å². The van der Waals surface area contributed by atoms with E-state index in [1.165, 1.54) is 48.9 Å². The molecule has 252 valence electrons. The maximum atomic E-state index is 10.8. The Hall–Kier alpha value is 1.09. The number of likely N-dealkylation sites (N-methyl/N-ethyl adjacent to an activating group) is 2. The molecular weight excluding hydrogens is 1130 g/mol. The second-order valence-electron chi connectivity index (χ2n) is 8.36. The van der Waals surface area contributed by atoms with Crippen LogP contribution < -0.4 is 10.6 Å². The summed E-state index contributed by atoms with van der Waals surface area (Å²) >= 11 is 7.86. The number of aromatic amines is 1. The van der Waals surface area contributed by atoms with Gasteiger partial charge in [-0.15, -0.1) is 0 Å². The molecular formula is C27H35Cs2CuI2N8O7. The van der Waals surface area contributed by atoms with Crippen LogP contribution in [0.25, 0.3) is 5.69 Å². The van der Waals surface area contributed by atoms with E-state index in [0.29, 0.717) is 23.3 Å². The first kappa shape index (κ1) is 52.5. The number of para-hydroxylation sites is 1.